The van der Waals surface area contributed by atoms with Gasteiger partial charge in [-0.05, 0) is 37.3 Å². The molecule has 2 atom stereocenters. The number of aromatic nitrogens is 3. The third-order valence-corrected chi connectivity index (χ3v) is 4.91. The second-order valence-corrected chi connectivity index (χ2v) is 7.27. The zero-order chi connectivity index (χ0) is 16.9. The topological polar surface area (TPSA) is 44.0 Å². The Morgan fingerprint density at radius 2 is 2.29 bits per heavy atom. The van der Waals surface area contributed by atoms with Crippen molar-refractivity contribution in [2.75, 3.05) is 6.61 Å². The van der Waals surface area contributed by atoms with Gasteiger partial charge in [-0.3, -0.25) is 0 Å². The number of hydrogen-bond acceptors (Lipinski definition) is 3. The van der Waals surface area contributed by atoms with Crippen molar-refractivity contribution in [2.45, 2.75) is 58.3 Å². The number of nitrogens with one attached hydrogen (secondary N) is 1. The Bertz CT molecular complexity index is 631. The van der Waals surface area contributed by atoms with Crippen LogP contribution in [0.25, 0.3) is 0 Å². The molecule has 2 aromatic heterocycles. The first-order chi connectivity index (χ1) is 11.6. The Morgan fingerprint density at radius 3 is 3.04 bits per heavy atom. The van der Waals surface area contributed by atoms with Gasteiger partial charge in [-0.2, -0.15) is 0 Å². The predicted octanol–water partition coefficient (Wildman–Crippen LogP) is 3.28. The monoisotopic (exact) mass is 330 g/mol. The Labute approximate surface area is 145 Å². The molecule has 5 nitrogen and oxygen atoms in total. The van der Waals surface area contributed by atoms with Crippen molar-refractivity contribution >= 4 is 0 Å². The van der Waals surface area contributed by atoms with E-state index >= 15 is 0 Å². The van der Waals surface area contributed by atoms with Gasteiger partial charge in [0.1, 0.15) is 6.10 Å². The summed E-state index contributed by atoms with van der Waals surface area (Å²) in [5.74, 6) is 0.739. The van der Waals surface area contributed by atoms with Crippen LogP contribution in [0.4, 0.5) is 0 Å². The number of hydrogen-bond donors (Lipinski definition) is 1. The largest absolute Gasteiger partial charge is 0.372 e. The van der Waals surface area contributed by atoms with Gasteiger partial charge >= 0.3 is 0 Å². The summed E-state index contributed by atoms with van der Waals surface area (Å²) >= 11 is 0. The Morgan fingerprint density at radius 1 is 1.42 bits per heavy atom. The zero-order valence-corrected chi connectivity index (χ0v) is 15.1. The van der Waals surface area contributed by atoms with Crippen molar-refractivity contribution in [1.29, 1.82) is 0 Å². The Hall–Kier alpha value is -1.59. The van der Waals surface area contributed by atoms with E-state index in [4.69, 9.17) is 4.74 Å². The van der Waals surface area contributed by atoms with Crippen LogP contribution in [0, 0.1) is 5.92 Å². The van der Waals surface area contributed by atoms with Gasteiger partial charge in [0.2, 0.25) is 0 Å². The van der Waals surface area contributed by atoms with Crippen LogP contribution in [0.5, 0.6) is 0 Å². The molecule has 0 radical (unpaired) electrons. The highest BCUT2D eigenvalue weighted by Crippen LogP contribution is 2.27. The molecule has 0 spiro atoms. The molecule has 0 aromatic carbocycles. The zero-order valence-electron chi connectivity index (χ0n) is 15.1. The van der Waals surface area contributed by atoms with Gasteiger partial charge in [0.15, 0.2) is 0 Å². The number of nitrogens with zero attached hydrogens (tertiary/aromatic N) is 3. The molecule has 0 aliphatic carbocycles. The maximum Gasteiger partial charge on any atom is 0.100 e. The fraction of sp³-hybridized carbons (Fsp3) is 0.632. The van der Waals surface area contributed by atoms with Gasteiger partial charge in [-0.1, -0.05) is 13.8 Å². The van der Waals surface area contributed by atoms with Crippen molar-refractivity contribution < 1.29 is 4.74 Å². The number of rotatable bonds is 7. The maximum absolute atomic E-state index is 5.95. The molecule has 3 heterocycles. The second kappa shape index (κ2) is 7.99. The van der Waals surface area contributed by atoms with Gasteiger partial charge < -0.3 is 19.2 Å². The average Bonchev–Trinajstić information content (AvgIpc) is 3.19. The van der Waals surface area contributed by atoms with E-state index in [0.29, 0.717) is 6.04 Å². The van der Waals surface area contributed by atoms with E-state index in [-0.39, 0.29) is 6.10 Å². The van der Waals surface area contributed by atoms with Crippen LogP contribution in [-0.4, -0.2) is 26.8 Å². The lowest BCUT2D eigenvalue weighted by Gasteiger charge is -2.30. The summed E-state index contributed by atoms with van der Waals surface area (Å²) in [7, 11) is 2.03. The van der Waals surface area contributed by atoms with E-state index in [0.717, 1.165) is 38.5 Å². The summed E-state index contributed by atoms with van der Waals surface area (Å²) in [5.41, 5.74) is 2.54. The molecule has 132 valence electrons. The van der Waals surface area contributed by atoms with Crippen molar-refractivity contribution in [3.8, 4) is 0 Å². The first-order valence-corrected chi connectivity index (χ1v) is 9.08. The highest BCUT2D eigenvalue weighted by atomic mass is 16.5. The number of ether oxygens (including phenoxy) is 1. The van der Waals surface area contributed by atoms with Crippen molar-refractivity contribution in [1.82, 2.24) is 19.4 Å². The standard InChI is InChI=1S/C19H30N4O/c1-15(2)6-9-23-8-4-5-17(23)12-21-16-7-10-24-19(11-16)18-13-20-14-22(18)3/h4-5,8,13-16,19,21H,6-7,9-12H2,1-3H3/t16-,19+/m0/s1. The third kappa shape index (κ3) is 4.28. The van der Waals surface area contributed by atoms with Crippen LogP contribution in [0.1, 0.15) is 50.6 Å². The van der Waals surface area contributed by atoms with E-state index in [1.165, 1.54) is 17.8 Å². The molecule has 1 N–H and O–H groups in total. The summed E-state index contributed by atoms with van der Waals surface area (Å²) in [6.07, 6.45) is 9.41. The lowest BCUT2D eigenvalue weighted by atomic mass is 10.0. The molecule has 1 saturated heterocycles. The lowest BCUT2D eigenvalue weighted by Crippen LogP contribution is -2.36. The Kier molecular flexibility index (Phi) is 5.74. The summed E-state index contributed by atoms with van der Waals surface area (Å²) in [5, 5.41) is 3.73. The van der Waals surface area contributed by atoms with Crippen LogP contribution in [0.15, 0.2) is 30.9 Å². The summed E-state index contributed by atoms with van der Waals surface area (Å²) in [6.45, 7) is 7.40. The van der Waals surface area contributed by atoms with Crippen molar-refractivity contribution in [2.24, 2.45) is 13.0 Å². The second-order valence-electron chi connectivity index (χ2n) is 7.27. The fourth-order valence-electron chi connectivity index (χ4n) is 3.34. The van der Waals surface area contributed by atoms with E-state index in [9.17, 15) is 0 Å². The van der Waals surface area contributed by atoms with Crippen LogP contribution in [0.3, 0.4) is 0 Å². The summed E-state index contributed by atoms with van der Waals surface area (Å²) in [6, 6.07) is 4.87. The smallest absolute Gasteiger partial charge is 0.100 e. The van der Waals surface area contributed by atoms with Crippen LogP contribution in [-0.2, 0) is 24.9 Å². The van der Waals surface area contributed by atoms with Gasteiger partial charge in [-0.15, -0.1) is 0 Å². The minimum Gasteiger partial charge on any atom is -0.372 e. The number of aryl methyl sites for hydroxylation is 2. The van der Waals surface area contributed by atoms with E-state index in [1.54, 1.807) is 0 Å². The van der Waals surface area contributed by atoms with Gasteiger partial charge in [0, 0.05) is 44.7 Å². The SMILES string of the molecule is CC(C)CCn1cccc1CN[C@H]1CCO[C@@H](c2cncn2C)C1. The third-order valence-electron chi connectivity index (χ3n) is 4.91. The van der Waals surface area contributed by atoms with Crippen molar-refractivity contribution in [3.63, 3.8) is 0 Å². The highest BCUT2D eigenvalue weighted by Gasteiger charge is 2.25. The normalized spacial score (nSPS) is 21.5. The van der Waals surface area contributed by atoms with Crippen LogP contribution >= 0.6 is 0 Å². The first-order valence-electron chi connectivity index (χ1n) is 9.08. The molecule has 0 unspecified atom stereocenters. The molecular formula is C19H30N4O. The minimum atomic E-state index is 0.150. The highest BCUT2D eigenvalue weighted by molar-refractivity contribution is 5.08. The minimum absolute atomic E-state index is 0.150. The molecular weight excluding hydrogens is 300 g/mol. The summed E-state index contributed by atoms with van der Waals surface area (Å²) < 4.78 is 10.4. The lowest BCUT2D eigenvalue weighted by molar-refractivity contribution is -0.00413. The molecule has 1 aliphatic heterocycles. The Balaban J connectivity index is 1.53. The van der Waals surface area contributed by atoms with Gasteiger partial charge in [0.25, 0.3) is 0 Å². The summed E-state index contributed by atoms with van der Waals surface area (Å²) in [4.78, 5) is 4.21. The van der Waals surface area contributed by atoms with E-state index < -0.39 is 0 Å². The van der Waals surface area contributed by atoms with E-state index in [2.05, 4.69) is 51.6 Å². The molecule has 5 heteroatoms. The quantitative estimate of drug-likeness (QED) is 0.847. The molecule has 24 heavy (non-hydrogen) atoms. The van der Waals surface area contributed by atoms with E-state index in [1.807, 2.05) is 19.6 Å². The average molecular weight is 330 g/mol. The molecule has 0 saturated carbocycles. The number of imidazole rings is 1. The fourth-order valence-corrected chi connectivity index (χ4v) is 3.34. The predicted molar refractivity (Wildman–Crippen MR) is 95.6 cm³/mol. The van der Waals surface area contributed by atoms with Gasteiger partial charge in [-0.25, -0.2) is 4.98 Å². The molecule has 3 rings (SSSR count). The molecule has 0 bridgehead atoms. The van der Waals surface area contributed by atoms with Crippen molar-refractivity contribution in [3.05, 3.63) is 42.2 Å². The van der Waals surface area contributed by atoms with Crippen LogP contribution < -0.4 is 5.32 Å². The first kappa shape index (κ1) is 17.2. The molecule has 1 fully saturated rings. The molecule has 2 aromatic rings. The maximum atomic E-state index is 5.95. The molecule has 1 aliphatic rings. The molecule has 0 amide bonds. The van der Waals surface area contributed by atoms with Gasteiger partial charge in [0.05, 0.1) is 18.2 Å². The van der Waals surface area contributed by atoms with Crippen LogP contribution in [0.2, 0.25) is 0 Å².